The minimum absolute atomic E-state index is 0.128. The van der Waals surface area contributed by atoms with Gasteiger partial charge in [0.1, 0.15) is 22.4 Å². The Morgan fingerprint density at radius 2 is 1.52 bits per heavy atom. The van der Waals surface area contributed by atoms with E-state index in [1.165, 1.54) is 24.3 Å². The molecule has 0 aliphatic heterocycles. The van der Waals surface area contributed by atoms with Gasteiger partial charge in [0, 0.05) is 11.1 Å². The predicted molar refractivity (Wildman–Crippen MR) is 93.7 cm³/mol. The van der Waals surface area contributed by atoms with Crippen molar-refractivity contribution < 1.29 is 24.5 Å². The van der Waals surface area contributed by atoms with Gasteiger partial charge in [0.25, 0.3) is 5.22 Å². The van der Waals surface area contributed by atoms with E-state index in [1.807, 2.05) is 0 Å². The van der Waals surface area contributed by atoms with E-state index in [4.69, 9.17) is 9.52 Å². The van der Waals surface area contributed by atoms with Gasteiger partial charge in [0.15, 0.2) is 5.76 Å². The molecule has 0 saturated carbocycles. The van der Waals surface area contributed by atoms with Crippen LogP contribution in [0.2, 0.25) is 0 Å². The number of thioether (sulfide) groups is 1. The van der Waals surface area contributed by atoms with Crippen LogP contribution >= 0.6 is 11.8 Å². The summed E-state index contributed by atoms with van der Waals surface area (Å²) < 4.78 is 5.79. The van der Waals surface area contributed by atoms with E-state index >= 15 is 0 Å². The van der Waals surface area contributed by atoms with Crippen LogP contribution in [0.15, 0.2) is 58.2 Å². The summed E-state index contributed by atoms with van der Waals surface area (Å²) in [7, 11) is 0. The van der Waals surface area contributed by atoms with Crippen LogP contribution in [0, 0.1) is 0 Å². The Morgan fingerprint density at radius 3 is 2.04 bits per heavy atom. The van der Waals surface area contributed by atoms with E-state index in [-0.39, 0.29) is 16.7 Å². The Morgan fingerprint density at radius 1 is 1.00 bits per heavy atom. The van der Waals surface area contributed by atoms with Gasteiger partial charge in [0.2, 0.25) is 0 Å². The number of phenols is 2. The number of carboxylic acid groups (broad SMARTS) is 1. The van der Waals surface area contributed by atoms with E-state index in [2.05, 4.69) is 4.98 Å². The smallest absolute Gasteiger partial charge is 0.316 e. The molecule has 3 aromatic rings. The van der Waals surface area contributed by atoms with Gasteiger partial charge in [-0.05, 0) is 55.5 Å². The van der Waals surface area contributed by atoms with Gasteiger partial charge >= 0.3 is 5.97 Å². The van der Waals surface area contributed by atoms with E-state index in [0.29, 0.717) is 17.0 Å². The first-order chi connectivity index (χ1) is 11.9. The summed E-state index contributed by atoms with van der Waals surface area (Å²) in [5.41, 5.74) is 1.95. The van der Waals surface area contributed by atoms with Gasteiger partial charge in [-0.25, -0.2) is 4.98 Å². The van der Waals surface area contributed by atoms with Gasteiger partial charge in [-0.1, -0.05) is 11.8 Å². The maximum absolute atomic E-state index is 11.1. The molecule has 0 saturated heterocycles. The summed E-state index contributed by atoms with van der Waals surface area (Å²) in [6.07, 6.45) is 0. The lowest BCUT2D eigenvalue weighted by Crippen LogP contribution is -2.10. The molecule has 3 rings (SSSR count). The summed E-state index contributed by atoms with van der Waals surface area (Å²) >= 11 is 1.01. The summed E-state index contributed by atoms with van der Waals surface area (Å²) in [5.74, 6) is -0.234. The molecule has 25 heavy (non-hydrogen) atoms. The second-order valence-corrected chi connectivity index (χ2v) is 6.64. The van der Waals surface area contributed by atoms with Crippen LogP contribution in [0.25, 0.3) is 22.6 Å². The highest BCUT2D eigenvalue weighted by molar-refractivity contribution is 8.00. The number of aromatic nitrogens is 1. The fourth-order valence-electron chi connectivity index (χ4n) is 2.18. The van der Waals surface area contributed by atoms with Crippen LogP contribution < -0.4 is 0 Å². The quantitative estimate of drug-likeness (QED) is 0.593. The number of phenolic OH excluding ortho intramolecular Hbond substituents is 2. The summed E-state index contributed by atoms with van der Waals surface area (Å²) in [4.78, 5) is 15.5. The van der Waals surface area contributed by atoms with Crippen LogP contribution in [0.5, 0.6) is 11.5 Å². The van der Waals surface area contributed by atoms with E-state index in [9.17, 15) is 15.0 Å². The SMILES string of the molecule is CC(Sc1nc(-c2ccc(O)cc2)c(-c2ccc(O)cc2)o1)C(=O)O. The molecule has 0 aliphatic rings. The normalized spacial score (nSPS) is 12.0. The molecule has 2 aromatic carbocycles. The molecule has 0 fully saturated rings. The average Bonchev–Trinajstić information content (AvgIpc) is 3.00. The van der Waals surface area contributed by atoms with Crippen molar-refractivity contribution in [2.24, 2.45) is 0 Å². The van der Waals surface area contributed by atoms with Crippen molar-refractivity contribution in [2.45, 2.75) is 17.4 Å². The Kier molecular flexibility index (Phi) is 4.67. The molecule has 0 spiro atoms. The third-order valence-corrected chi connectivity index (χ3v) is 4.43. The molecule has 1 aromatic heterocycles. The Balaban J connectivity index is 2.07. The molecular formula is C18H15NO5S. The van der Waals surface area contributed by atoms with E-state index in [0.717, 1.165) is 17.3 Å². The third kappa shape index (κ3) is 3.77. The zero-order chi connectivity index (χ0) is 18.0. The maximum atomic E-state index is 11.1. The zero-order valence-corrected chi connectivity index (χ0v) is 14.0. The first-order valence-electron chi connectivity index (χ1n) is 7.43. The molecule has 0 amide bonds. The van der Waals surface area contributed by atoms with Crippen LogP contribution in [-0.4, -0.2) is 31.5 Å². The molecule has 1 heterocycles. The Hall–Kier alpha value is -2.93. The van der Waals surface area contributed by atoms with Crippen LogP contribution in [0.4, 0.5) is 0 Å². The van der Waals surface area contributed by atoms with Crippen LogP contribution in [0.1, 0.15) is 6.92 Å². The van der Waals surface area contributed by atoms with Crippen molar-refractivity contribution in [1.29, 1.82) is 0 Å². The number of carboxylic acids is 1. The number of hydrogen-bond donors (Lipinski definition) is 3. The zero-order valence-electron chi connectivity index (χ0n) is 13.2. The number of benzene rings is 2. The minimum Gasteiger partial charge on any atom is -0.508 e. The van der Waals surface area contributed by atoms with Crippen LogP contribution in [0.3, 0.4) is 0 Å². The predicted octanol–water partition coefficient (Wildman–Crippen LogP) is 3.99. The molecule has 6 nitrogen and oxygen atoms in total. The molecule has 1 unspecified atom stereocenters. The maximum Gasteiger partial charge on any atom is 0.316 e. The molecule has 0 aliphatic carbocycles. The lowest BCUT2D eigenvalue weighted by atomic mass is 10.1. The highest BCUT2D eigenvalue weighted by Crippen LogP contribution is 2.37. The second kappa shape index (κ2) is 6.90. The average molecular weight is 357 g/mol. The fourth-order valence-corrected chi connectivity index (χ4v) is 2.85. The first kappa shape index (κ1) is 16.9. The summed E-state index contributed by atoms with van der Waals surface area (Å²) in [6, 6.07) is 12.9. The molecule has 0 radical (unpaired) electrons. The van der Waals surface area contributed by atoms with Gasteiger partial charge < -0.3 is 19.7 Å². The molecular weight excluding hydrogens is 342 g/mol. The Labute approximate surface area is 147 Å². The number of rotatable bonds is 5. The lowest BCUT2D eigenvalue weighted by molar-refractivity contribution is -0.136. The topological polar surface area (TPSA) is 104 Å². The monoisotopic (exact) mass is 357 g/mol. The number of nitrogens with zero attached hydrogens (tertiary/aromatic N) is 1. The lowest BCUT2D eigenvalue weighted by Gasteiger charge is -2.02. The molecule has 0 bridgehead atoms. The molecule has 128 valence electrons. The van der Waals surface area contributed by atoms with E-state index < -0.39 is 11.2 Å². The van der Waals surface area contributed by atoms with Crippen molar-refractivity contribution in [3.05, 3.63) is 48.5 Å². The fraction of sp³-hybridized carbons (Fsp3) is 0.111. The third-order valence-electron chi connectivity index (χ3n) is 3.50. The standard InChI is InChI=1S/C18H15NO5S/c1-10(17(22)23)25-18-19-15(11-2-6-13(20)7-3-11)16(24-18)12-4-8-14(21)9-5-12/h2-10,20-21H,1H3,(H,22,23). The van der Waals surface area contributed by atoms with Gasteiger partial charge in [-0.15, -0.1) is 0 Å². The van der Waals surface area contributed by atoms with Gasteiger partial charge in [0.05, 0.1) is 0 Å². The van der Waals surface area contributed by atoms with Crippen molar-refractivity contribution in [1.82, 2.24) is 4.98 Å². The van der Waals surface area contributed by atoms with Crippen molar-refractivity contribution in [3.8, 4) is 34.1 Å². The molecule has 3 N–H and O–H groups in total. The van der Waals surface area contributed by atoms with Crippen molar-refractivity contribution in [3.63, 3.8) is 0 Å². The highest BCUT2D eigenvalue weighted by Gasteiger charge is 2.21. The van der Waals surface area contributed by atoms with Gasteiger partial charge in [-0.2, -0.15) is 0 Å². The highest BCUT2D eigenvalue weighted by atomic mass is 32.2. The number of aliphatic carboxylic acids is 1. The van der Waals surface area contributed by atoms with E-state index in [1.54, 1.807) is 31.2 Å². The number of carbonyl (C=O) groups is 1. The largest absolute Gasteiger partial charge is 0.508 e. The number of hydrogen-bond acceptors (Lipinski definition) is 6. The molecule has 1 atom stereocenters. The van der Waals surface area contributed by atoms with Gasteiger partial charge in [-0.3, -0.25) is 4.79 Å². The Bertz CT molecular complexity index is 824. The second-order valence-electron chi connectivity index (χ2n) is 5.35. The number of aromatic hydroxyl groups is 2. The molecule has 7 heteroatoms. The summed E-state index contributed by atoms with van der Waals surface area (Å²) in [5, 5.41) is 27.5. The minimum atomic E-state index is -0.958. The van der Waals surface area contributed by atoms with Crippen molar-refractivity contribution >= 4 is 17.7 Å². The summed E-state index contributed by atoms with van der Waals surface area (Å²) in [6.45, 7) is 1.55. The van der Waals surface area contributed by atoms with Crippen LogP contribution in [-0.2, 0) is 4.79 Å². The first-order valence-corrected chi connectivity index (χ1v) is 8.31. The van der Waals surface area contributed by atoms with Crippen molar-refractivity contribution in [2.75, 3.05) is 0 Å². The number of oxazole rings is 1.